The van der Waals surface area contributed by atoms with Gasteiger partial charge in [-0.15, -0.1) is 0 Å². The monoisotopic (exact) mass is 213 g/mol. The molecule has 1 heterocycles. The minimum absolute atomic E-state index is 0.244. The van der Waals surface area contributed by atoms with E-state index in [2.05, 4.69) is 23.7 Å². The van der Waals surface area contributed by atoms with Gasteiger partial charge in [0, 0.05) is 12.6 Å². The van der Waals surface area contributed by atoms with E-state index in [9.17, 15) is 0 Å². The van der Waals surface area contributed by atoms with Crippen LogP contribution in [0.1, 0.15) is 34.1 Å². The van der Waals surface area contributed by atoms with E-state index in [0.29, 0.717) is 12.0 Å². The number of hydrogen-bond donors (Lipinski definition) is 1. The fraction of sp³-hybridized carbons (Fsp3) is 0.909. The van der Waals surface area contributed by atoms with Crippen molar-refractivity contribution in [3.05, 3.63) is 0 Å². The highest BCUT2D eigenvalue weighted by Crippen LogP contribution is 2.14. The number of guanidine groups is 1. The van der Waals surface area contributed by atoms with E-state index in [1.165, 1.54) is 0 Å². The second-order valence-corrected chi connectivity index (χ2v) is 4.44. The number of nitrogens with two attached hydrogens (primary N) is 1. The fourth-order valence-electron chi connectivity index (χ4n) is 1.80. The molecule has 1 aliphatic heterocycles. The van der Waals surface area contributed by atoms with Gasteiger partial charge in [-0.3, -0.25) is 4.99 Å². The van der Waals surface area contributed by atoms with Crippen molar-refractivity contribution < 1.29 is 4.74 Å². The van der Waals surface area contributed by atoms with E-state index < -0.39 is 0 Å². The van der Waals surface area contributed by atoms with Gasteiger partial charge in [0.25, 0.3) is 0 Å². The van der Waals surface area contributed by atoms with Crippen molar-refractivity contribution in [1.82, 2.24) is 4.90 Å². The third-order valence-corrected chi connectivity index (χ3v) is 2.62. The molecule has 4 nitrogen and oxygen atoms in total. The van der Waals surface area contributed by atoms with Gasteiger partial charge in [0.05, 0.1) is 18.8 Å². The summed E-state index contributed by atoms with van der Waals surface area (Å²) >= 11 is 0. The Bertz CT molecular complexity index is 228. The first-order chi connectivity index (χ1) is 7.04. The molecule has 2 atom stereocenters. The third-order valence-electron chi connectivity index (χ3n) is 2.62. The molecule has 1 aliphatic rings. The Morgan fingerprint density at radius 2 is 2.27 bits per heavy atom. The van der Waals surface area contributed by atoms with Gasteiger partial charge in [0.1, 0.15) is 0 Å². The summed E-state index contributed by atoms with van der Waals surface area (Å²) in [6.45, 7) is 9.91. The molecule has 0 aromatic rings. The molecule has 0 bridgehead atoms. The summed E-state index contributed by atoms with van der Waals surface area (Å²) < 4.78 is 5.61. The number of morpholine rings is 1. The third kappa shape index (κ3) is 3.38. The van der Waals surface area contributed by atoms with Crippen molar-refractivity contribution in [3.63, 3.8) is 0 Å². The van der Waals surface area contributed by atoms with Gasteiger partial charge in [0.2, 0.25) is 0 Å². The summed E-state index contributed by atoms with van der Waals surface area (Å²) in [6.07, 6.45) is 1.29. The van der Waals surface area contributed by atoms with Crippen molar-refractivity contribution in [2.45, 2.75) is 52.3 Å². The van der Waals surface area contributed by atoms with Crippen LogP contribution in [-0.4, -0.2) is 42.2 Å². The lowest BCUT2D eigenvalue weighted by Gasteiger charge is -2.39. The first-order valence-corrected chi connectivity index (χ1v) is 5.76. The van der Waals surface area contributed by atoms with Crippen LogP contribution in [0, 0.1) is 0 Å². The van der Waals surface area contributed by atoms with Crippen LogP contribution in [0.2, 0.25) is 0 Å². The normalized spacial score (nSPS) is 28.6. The summed E-state index contributed by atoms with van der Waals surface area (Å²) in [5.41, 5.74) is 6.00. The molecule has 15 heavy (non-hydrogen) atoms. The number of ether oxygens (including phenoxy) is 1. The lowest BCUT2D eigenvalue weighted by molar-refractivity contribution is -0.0290. The van der Waals surface area contributed by atoms with Gasteiger partial charge < -0.3 is 15.4 Å². The van der Waals surface area contributed by atoms with E-state index in [0.717, 1.165) is 19.6 Å². The molecular formula is C11H23N3O. The van der Waals surface area contributed by atoms with Gasteiger partial charge in [-0.25, -0.2) is 0 Å². The molecule has 2 unspecified atom stereocenters. The summed E-state index contributed by atoms with van der Waals surface area (Å²) in [6, 6.07) is 0.629. The number of rotatable bonds is 2. The van der Waals surface area contributed by atoms with Gasteiger partial charge in [0.15, 0.2) is 5.96 Å². The minimum Gasteiger partial charge on any atom is -0.375 e. The lowest BCUT2D eigenvalue weighted by atomic mass is 10.1. The summed E-state index contributed by atoms with van der Waals surface area (Å²) in [5.74, 6) is 0.659. The summed E-state index contributed by atoms with van der Waals surface area (Å²) in [4.78, 5) is 6.57. The predicted octanol–water partition coefficient (Wildman–Crippen LogP) is 1.21. The van der Waals surface area contributed by atoms with E-state index in [4.69, 9.17) is 10.5 Å². The maximum absolute atomic E-state index is 6.00. The van der Waals surface area contributed by atoms with Gasteiger partial charge in [-0.2, -0.15) is 0 Å². The average molecular weight is 213 g/mol. The molecule has 0 aliphatic carbocycles. The van der Waals surface area contributed by atoms with Crippen molar-refractivity contribution in [3.8, 4) is 0 Å². The Labute approximate surface area is 92.5 Å². The molecule has 0 saturated carbocycles. The molecule has 0 aromatic carbocycles. The second-order valence-electron chi connectivity index (χ2n) is 4.44. The van der Waals surface area contributed by atoms with E-state index in [-0.39, 0.29) is 12.1 Å². The Morgan fingerprint density at radius 1 is 1.60 bits per heavy atom. The largest absolute Gasteiger partial charge is 0.375 e. The molecule has 0 spiro atoms. The maximum atomic E-state index is 6.00. The molecular weight excluding hydrogens is 190 g/mol. The quantitative estimate of drug-likeness (QED) is 0.554. The summed E-state index contributed by atoms with van der Waals surface area (Å²) in [7, 11) is 0. The first kappa shape index (κ1) is 12.3. The zero-order valence-corrected chi connectivity index (χ0v) is 10.2. The first-order valence-electron chi connectivity index (χ1n) is 5.76. The molecule has 2 N–H and O–H groups in total. The minimum atomic E-state index is 0.244. The van der Waals surface area contributed by atoms with Crippen molar-refractivity contribution in [2.24, 2.45) is 10.7 Å². The Hall–Kier alpha value is -0.770. The van der Waals surface area contributed by atoms with Crippen molar-refractivity contribution in [2.75, 3.05) is 13.2 Å². The number of nitrogens with zero attached hydrogens (tertiary/aromatic N) is 2. The highest BCUT2D eigenvalue weighted by atomic mass is 16.5. The van der Waals surface area contributed by atoms with E-state index >= 15 is 0 Å². The Morgan fingerprint density at radius 3 is 2.80 bits per heavy atom. The molecule has 1 fully saturated rings. The van der Waals surface area contributed by atoms with Crippen LogP contribution in [-0.2, 0) is 4.74 Å². The smallest absolute Gasteiger partial charge is 0.191 e. The van der Waals surface area contributed by atoms with Crippen LogP contribution in [0.25, 0.3) is 0 Å². The molecule has 1 saturated heterocycles. The highest BCUT2D eigenvalue weighted by molar-refractivity contribution is 5.78. The van der Waals surface area contributed by atoms with Crippen LogP contribution in [0.15, 0.2) is 4.99 Å². The highest BCUT2D eigenvalue weighted by Gasteiger charge is 2.26. The Balaban J connectivity index is 2.70. The Kier molecular flexibility index (Phi) is 4.39. The van der Waals surface area contributed by atoms with Crippen molar-refractivity contribution in [1.29, 1.82) is 0 Å². The number of hydrogen-bond acceptors (Lipinski definition) is 2. The average Bonchev–Trinajstić information content (AvgIpc) is 2.16. The van der Waals surface area contributed by atoms with Crippen LogP contribution < -0.4 is 5.73 Å². The van der Waals surface area contributed by atoms with Gasteiger partial charge in [-0.05, 0) is 27.2 Å². The maximum Gasteiger partial charge on any atom is 0.191 e. The predicted molar refractivity (Wildman–Crippen MR) is 63.0 cm³/mol. The molecule has 1 rings (SSSR count). The molecule has 4 heteroatoms. The summed E-state index contributed by atoms with van der Waals surface area (Å²) in [5, 5.41) is 0. The SMILES string of the molecule is CCC1COC(C)CN1C(N)=NC(C)C. The van der Waals surface area contributed by atoms with Crippen LogP contribution in [0.4, 0.5) is 0 Å². The zero-order valence-electron chi connectivity index (χ0n) is 10.2. The second kappa shape index (κ2) is 5.35. The lowest BCUT2D eigenvalue weighted by Crippen LogP contribution is -2.54. The fourth-order valence-corrected chi connectivity index (χ4v) is 1.80. The molecule has 0 amide bonds. The van der Waals surface area contributed by atoms with Crippen LogP contribution >= 0.6 is 0 Å². The molecule has 88 valence electrons. The van der Waals surface area contributed by atoms with E-state index in [1.807, 2.05) is 13.8 Å². The number of aliphatic imine (C=N–C) groups is 1. The van der Waals surface area contributed by atoms with E-state index in [1.54, 1.807) is 0 Å². The molecule has 0 aromatic heterocycles. The van der Waals surface area contributed by atoms with Gasteiger partial charge in [-0.1, -0.05) is 6.92 Å². The van der Waals surface area contributed by atoms with Crippen molar-refractivity contribution >= 4 is 5.96 Å². The van der Waals surface area contributed by atoms with Gasteiger partial charge >= 0.3 is 0 Å². The zero-order chi connectivity index (χ0) is 11.4. The molecule has 0 radical (unpaired) electrons. The van der Waals surface area contributed by atoms with Crippen LogP contribution in [0.5, 0.6) is 0 Å². The standard InChI is InChI=1S/C11H23N3O/c1-5-10-7-15-9(4)6-14(10)11(12)13-8(2)3/h8-10H,5-7H2,1-4H3,(H2,12,13). The van der Waals surface area contributed by atoms with Crippen LogP contribution in [0.3, 0.4) is 0 Å². The topological polar surface area (TPSA) is 50.9 Å².